The number of hydrogen-bond acceptors (Lipinski definition) is 3. The Morgan fingerprint density at radius 2 is 2.06 bits per heavy atom. The van der Waals surface area contributed by atoms with Crippen molar-refractivity contribution in [1.82, 2.24) is 0 Å². The van der Waals surface area contributed by atoms with E-state index in [0.29, 0.717) is 10.6 Å². The predicted molar refractivity (Wildman–Crippen MR) is 75.8 cm³/mol. The molecule has 0 spiro atoms. The van der Waals surface area contributed by atoms with Gasteiger partial charge in [0, 0.05) is 3.57 Å². The molecule has 1 aromatic heterocycles. The lowest BCUT2D eigenvalue weighted by Gasteiger charge is -2.06. The Labute approximate surface area is 111 Å². The molecule has 0 radical (unpaired) electrons. The first kappa shape index (κ1) is 11.4. The second-order valence-corrected chi connectivity index (χ2v) is 5.22. The van der Waals surface area contributed by atoms with E-state index >= 15 is 0 Å². The van der Waals surface area contributed by atoms with E-state index in [1.807, 2.05) is 24.3 Å². The van der Waals surface area contributed by atoms with Gasteiger partial charge < -0.3 is 11.1 Å². The molecule has 0 bridgehead atoms. The van der Waals surface area contributed by atoms with Gasteiger partial charge in [0.25, 0.3) is 5.91 Å². The summed E-state index contributed by atoms with van der Waals surface area (Å²) in [5.74, 6) is -0.156. The van der Waals surface area contributed by atoms with Crippen molar-refractivity contribution in [2.75, 3.05) is 11.1 Å². The molecule has 5 heteroatoms. The lowest BCUT2D eigenvalue weighted by molar-refractivity contribution is 0.103. The molecule has 0 atom stereocenters. The normalized spacial score (nSPS) is 10.1. The highest BCUT2D eigenvalue weighted by Gasteiger charge is 2.12. The summed E-state index contributed by atoms with van der Waals surface area (Å²) in [5.41, 5.74) is 7.01. The summed E-state index contributed by atoms with van der Waals surface area (Å²) < 4.78 is 1.00. The molecule has 0 aliphatic heterocycles. The van der Waals surface area contributed by atoms with E-state index in [-0.39, 0.29) is 5.91 Å². The number of thiophene rings is 1. The van der Waals surface area contributed by atoms with Crippen LogP contribution in [0.5, 0.6) is 0 Å². The number of nitrogens with two attached hydrogens (primary N) is 1. The molecule has 2 rings (SSSR count). The summed E-state index contributed by atoms with van der Waals surface area (Å²) >= 11 is 3.52. The summed E-state index contributed by atoms with van der Waals surface area (Å²) in [6, 6.07) is 9.35. The smallest absolute Gasteiger partial charge is 0.267 e. The van der Waals surface area contributed by atoms with E-state index in [0.717, 1.165) is 9.26 Å². The number of para-hydroxylation sites is 1. The monoisotopic (exact) mass is 344 g/mol. The Hall–Kier alpha value is -1.08. The number of nitrogens with one attached hydrogen (secondary N) is 1. The van der Waals surface area contributed by atoms with Gasteiger partial charge in [-0.25, -0.2) is 0 Å². The Morgan fingerprint density at radius 1 is 1.31 bits per heavy atom. The molecule has 0 saturated carbocycles. The first-order valence-electron chi connectivity index (χ1n) is 4.57. The van der Waals surface area contributed by atoms with Gasteiger partial charge in [0.05, 0.1) is 11.4 Å². The molecule has 0 aliphatic carbocycles. The van der Waals surface area contributed by atoms with Crippen LogP contribution in [0, 0.1) is 3.57 Å². The van der Waals surface area contributed by atoms with Crippen LogP contribution in [-0.2, 0) is 0 Å². The van der Waals surface area contributed by atoms with Crippen LogP contribution in [0.4, 0.5) is 11.4 Å². The van der Waals surface area contributed by atoms with E-state index in [1.165, 1.54) is 11.3 Å². The minimum atomic E-state index is -0.156. The topological polar surface area (TPSA) is 55.1 Å². The van der Waals surface area contributed by atoms with E-state index in [1.54, 1.807) is 11.4 Å². The highest BCUT2D eigenvalue weighted by atomic mass is 127. The molecule has 16 heavy (non-hydrogen) atoms. The summed E-state index contributed by atoms with van der Waals surface area (Å²) in [6.07, 6.45) is 0. The number of hydrogen-bond donors (Lipinski definition) is 2. The van der Waals surface area contributed by atoms with Gasteiger partial charge in [0.1, 0.15) is 4.88 Å². The second-order valence-electron chi connectivity index (χ2n) is 3.14. The minimum absolute atomic E-state index is 0.156. The number of anilines is 2. The molecule has 0 unspecified atom stereocenters. The number of halogens is 1. The van der Waals surface area contributed by atoms with Crippen LogP contribution in [0.2, 0.25) is 0 Å². The molecule has 1 aromatic carbocycles. The van der Waals surface area contributed by atoms with Crippen molar-refractivity contribution < 1.29 is 4.79 Å². The van der Waals surface area contributed by atoms with Gasteiger partial charge in [0.2, 0.25) is 0 Å². The molecule has 2 aromatic rings. The maximum Gasteiger partial charge on any atom is 0.267 e. The summed E-state index contributed by atoms with van der Waals surface area (Å²) in [7, 11) is 0. The molecule has 3 nitrogen and oxygen atoms in total. The quantitative estimate of drug-likeness (QED) is 0.822. The Morgan fingerprint density at radius 3 is 2.69 bits per heavy atom. The van der Waals surface area contributed by atoms with E-state index in [9.17, 15) is 4.79 Å². The standard InChI is InChI=1S/C11H9IN2OS/c12-7-3-1-2-4-9(7)14-11(15)10-8(13)5-6-16-10/h1-6H,13H2,(H,14,15). The fourth-order valence-corrected chi connectivity index (χ4v) is 2.48. The van der Waals surface area contributed by atoms with Crippen molar-refractivity contribution >= 4 is 51.2 Å². The maximum absolute atomic E-state index is 11.9. The minimum Gasteiger partial charge on any atom is -0.397 e. The van der Waals surface area contributed by atoms with Crippen molar-refractivity contribution in [3.8, 4) is 0 Å². The van der Waals surface area contributed by atoms with Gasteiger partial charge in [0.15, 0.2) is 0 Å². The van der Waals surface area contributed by atoms with Crippen molar-refractivity contribution in [1.29, 1.82) is 0 Å². The molecule has 3 N–H and O–H groups in total. The molecule has 0 fully saturated rings. The van der Waals surface area contributed by atoms with Crippen LogP contribution in [0.3, 0.4) is 0 Å². The predicted octanol–water partition coefficient (Wildman–Crippen LogP) is 3.19. The molecule has 1 heterocycles. The third-order valence-electron chi connectivity index (χ3n) is 2.02. The first-order chi connectivity index (χ1) is 7.68. The zero-order chi connectivity index (χ0) is 11.5. The van der Waals surface area contributed by atoms with Gasteiger partial charge in [-0.15, -0.1) is 11.3 Å². The van der Waals surface area contributed by atoms with Gasteiger partial charge in [-0.05, 0) is 46.2 Å². The van der Waals surface area contributed by atoms with Crippen LogP contribution >= 0.6 is 33.9 Å². The summed E-state index contributed by atoms with van der Waals surface area (Å²) in [6.45, 7) is 0. The average Bonchev–Trinajstić information content (AvgIpc) is 2.68. The number of carbonyl (C=O) groups excluding carboxylic acids is 1. The van der Waals surface area contributed by atoms with Crippen LogP contribution < -0.4 is 11.1 Å². The lowest BCUT2D eigenvalue weighted by atomic mass is 10.3. The van der Waals surface area contributed by atoms with Crippen molar-refractivity contribution in [3.63, 3.8) is 0 Å². The number of nitrogen functional groups attached to an aromatic ring is 1. The number of amides is 1. The van der Waals surface area contributed by atoms with Crippen molar-refractivity contribution in [3.05, 3.63) is 44.2 Å². The first-order valence-corrected chi connectivity index (χ1v) is 6.53. The largest absolute Gasteiger partial charge is 0.397 e. The fraction of sp³-hybridized carbons (Fsp3) is 0. The summed E-state index contributed by atoms with van der Waals surface area (Å²) in [4.78, 5) is 12.4. The molecular formula is C11H9IN2OS. The number of rotatable bonds is 2. The van der Waals surface area contributed by atoms with E-state index in [4.69, 9.17) is 5.73 Å². The van der Waals surface area contributed by atoms with Crippen LogP contribution in [0.15, 0.2) is 35.7 Å². The van der Waals surface area contributed by atoms with Gasteiger partial charge in [-0.1, -0.05) is 12.1 Å². The third kappa shape index (κ3) is 2.35. The average molecular weight is 344 g/mol. The molecule has 0 aliphatic rings. The van der Waals surface area contributed by atoms with Crippen LogP contribution in [-0.4, -0.2) is 5.91 Å². The second kappa shape index (κ2) is 4.84. The Kier molecular flexibility index (Phi) is 3.45. The van der Waals surface area contributed by atoms with Crippen molar-refractivity contribution in [2.45, 2.75) is 0 Å². The van der Waals surface area contributed by atoms with Gasteiger partial charge in [-0.2, -0.15) is 0 Å². The molecule has 1 amide bonds. The zero-order valence-electron chi connectivity index (χ0n) is 8.24. The maximum atomic E-state index is 11.9. The number of carbonyl (C=O) groups is 1. The highest BCUT2D eigenvalue weighted by Crippen LogP contribution is 2.22. The Bertz CT molecular complexity index is 524. The zero-order valence-corrected chi connectivity index (χ0v) is 11.2. The van der Waals surface area contributed by atoms with Crippen LogP contribution in [0.1, 0.15) is 9.67 Å². The van der Waals surface area contributed by atoms with E-state index < -0.39 is 0 Å². The Balaban J connectivity index is 2.21. The van der Waals surface area contributed by atoms with Gasteiger partial charge in [-0.3, -0.25) is 4.79 Å². The molecule has 82 valence electrons. The third-order valence-corrected chi connectivity index (χ3v) is 3.89. The van der Waals surface area contributed by atoms with Crippen LogP contribution in [0.25, 0.3) is 0 Å². The number of benzene rings is 1. The van der Waals surface area contributed by atoms with Crippen molar-refractivity contribution in [2.24, 2.45) is 0 Å². The summed E-state index contributed by atoms with van der Waals surface area (Å²) in [5, 5.41) is 4.64. The van der Waals surface area contributed by atoms with E-state index in [2.05, 4.69) is 27.9 Å². The van der Waals surface area contributed by atoms with Gasteiger partial charge >= 0.3 is 0 Å². The highest BCUT2D eigenvalue weighted by molar-refractivity contribution is 14.1. The lowest BCUT2D eigenvalue weighted by Crippen LogP contribution is -2.12. The fourth-order valence-electron chi connectivity index (χ4n) is 1.25. The molecule has 0 saturated heterocycles. The SMILES string of the molecule is Nc1ccsc1C(=O)Nc1ccccc1I. The molecular weight excluding hydrogens is 335 g/mol.